The SMILES string of the molecule is Cc1cc(C(=O)Nc2cccnc2Br)ccc1O. The van der Waals surface area contributed by atoms with Gasteiger partial charge in [0, 0.05) is 11.8 Å². The number of benzene rings is 1. The van der Waals surface area contributed by atoms with E-state index in [-0.39, 0.29) is 11.7 Å². The van der Waals surface area contributed by atoms with E-state index in [4.69, 9.17) is 0 Å². The van der Waals surface area contributed by atoms with Crippen LogP contribution >= 0.6 is 15.9 Å². The number of anilines is 1. The van der Waals surface area contributed by atoms with Crippen molar-refractivity contribution in [3.8, 4) is 5.75 Å². The molecule has 1 aromatic carbocycles. The summed E-state index contributed by atoms with van der Waals surface area (Å²) < 4.78 is 0.578. The molecule has 1 heterocycles. The van der Waals surface area contributed by atoms with Gasteiger partial charge in [-0.15, -0.1) is 0 Å². The molecule has 0 aliphatic heterocycles. The normalized spacial score (nSPS) is 10.1. The van der Waals surface area contributed by atoms with Crippen LogP contribution in [0.2, 0.25) is 0 Å². The van der Waals surface area contributed by atoms with Crippen LogP contribution in [0.1, 0.15) is 15.9 Å². The van der Waals surface area contributed by atoms with E-state index in [1.54, 1.807) is 37.4 Å². The third-order valence-electron chi connectivity index (χ3n) is 2.47. The van der Waals surface area contributed by atoms with E-state index >= 15 is 0 Å². The maximum Gasteiger partial charge on any atom is 0.255 e. The van der Waals surface area contributed by atoms with E-state index in [2.05, 4.69) is 26.2 Å². The van der Waals surface area contributed by atoms with Gasteiger partial charge in [0.2, 0.25) is 0 Å². The van der Waals surface area contributed by atoms with Gasteiger partial charge >= 0.3 is 0 Å². The third kappa shape index (κ3) is 2.68. The number of rotatable bonds is 2. The molecule has 0 saturated heterocycles. The lowest BCUT2D eigenvalue weighted by molar-refractivity contribution is 0.102. The molecule has 0 spiro atoms. The van der Waals surface area contributed by atoms with Gasteiger partial charge in [0.05, 0.1) is 5.69 Å². The van der Waals surface area contributed by atoms with Gasteiger partial charge in [-0.05, 0) is 58.7 Å². The number of nitrogens with zero attached hydrogens (tertiary/aromatic N) is 1. The van der Waals surface area contributed by atoms with Crippen molar-refractivity contribution < 1.29 is 9.90 Å². The maximum atomic E-state index is 12.0. The molecule has 0 saturated carbocycles. The minimum Gasteiger partial charge on any atom is -0.508 e. The summed E-state index contributed by atoms with van der Waals surface area (Å²) in [5.41, 5.74) is 1.75. The zero-order chi connectivity index (χ0) is 13.1. The second-order valence-electron chi connectivity index (χ2n) is 3.80. The first-order chi connectivity index (χ1) is 8.58. The fourth-order valence-electron chi connectivity index (χ4n) is 1.47. The van der Waals surface area contributed by atoms with Crippen molar-refractivity contribution in [2.45, 2.75) is 6.92 Å². The molecule has 2 aromatic rings. The molecule has 2 rings (SSSR count). The number of amides is 1. The third-order valence-corrected chi connectivity index (χ3v) is 3.10. The van der Waals surface area contributed by atoms with Gasteiger partial charge < -0.3 is 10.4 Å². The van der Waals surface area contributed by atoms with Crippen LogP contribution < -0.4 is 5.32 Å². The standard InChI is InChI=1S/C13H11BrN2O2/c1-8-7-9(4-5-11(8)17)13(18)16-10-3-2-6-15-12(10)14/h2-7,17H,1H3,(H,16,18). The Labute approximate surface area is 113 Å². The molecule has 0 radical (unpaired) electrons. The maximum absolute atomic E-state index is 12.0. The number of carbonyl (C=O) groups excluding carboxylic acids is 1. The summed E-state index contributed by atoms with van der Waals surface area (Å²) in [4.78, 5) is 16.0. The van der Waals surface area contributed by atoms with Crippen molar-refractivity contribution in [1.29, 1.82) is 0 Å². The summed E-state index contributed by atoms with van der Waals surface area (Å²) in [7, 11) is 0. The highest BCUT2D eigenvalue weighted by molar-refractivity contribution is 9.10. The molecular formula is C13H11BrN2O2. The monoisotopic (exact) mass is 306 g/mol. The Hall–Kier alpha value is -1.88. The highest BCUT2D eigenvalue weighted by Crippen LogP contribution is 2.21. The molecular weight excluding hydrogens is 296 g/mol. The predicted octanol–water partition coefficient (Wildman–Crippen LogP) is 3.11. The van der Waals surface area contributed by atoms with Gasteiger partial charge in [0.15, 0.2) is 0 Å². The number of phenolic OH excluding ortho intramolecular Hbond substituents is 1. The van der Waals surface area contributed by atoms with Crippen LogP contribution in [-0.2, 0) is 0 Å². The molecule has 1 amide bonds. The first-order valence-electron chi connectivity index (χ1n) is 5.29. The topological polar surface area (TPSA) is 62.2 Å². The highest BCUT2D eigenvalue weighted by Gasteiger charge is 2.09. The van der Waals surface area contributed by atoms with Gasteiger partial charge in [0.25, 0.3) is 5.91 Å². The van der Waals surface area contributed by atoms with Gasteiger partial charge in [-0.3, -0.25) is 4.79 Å². The molecule has 1 aromatic heterocycles. The molecule has 5 heteroatoms. The summed E-state index contributed by atoms with van der Waals surface area (Å²) >= 11 is 3.26. The second kappa shape index (κ2) is 5.18. The van der Waals surface area contributed by atoms with Gasteiger partial charge in [-0.25, -0.2) is 4.98 Å². The van der Waals surface area contributed by atoms with Crippen LogP contribution in [0.5, 0.6) is 5.75 Å². The molecule has 0 unspecified atom stereocenters. The Morgan fingerprint density at radius 1 is 1.39 bits per heavy atom. The minimum atomic E-state index is -0.244. The first kappa shape index (κ1) is 12.6. The van der Waals surface area contributed by atoms with Crippen molar-refractivity contribution >= 4 is 27.5 Å². The number of aromatic hydroxyl groups is 1. The van der Waals surface area contributed by atoms with Crippen LogP contribution in [0, 0.1) is 6.92 Å². The summed E-state index contributed by atoms with van der Waals surface area (Å²) in [5.74, 6) is -0.0686. The molecule has 0 bridgehead atoms. The van der Waals surface area contributed by atoms with Crippen molar-refractivity contribution in [3.05, 3.63) is 52.3 Å². The van der Waals surface area contributed by atoms with E-state index in [9.17, 15) is 9.90 Å². The van der Waals surface area contributed by atoms with E-state index in [0.29, 0.717) is 21.4 Å². The summed E-state index contributed by atoms with van der Waals surface area (Å²) in [5, 5.41) is 12.2. The molecule has 2 N–H and O–H groups in total. The van der Waals surface area contributed by atoms with Crippen LogP contribution in [0.15, 0.2) is 41.1 Å². The summed E-state index contributed by atoms with van der Waals surface area (Å²) in [6.45, 7) is 1.74. The fourth-order valence-corrected chi connectivity index (χ4v) is 1.82. The number of hydrogen-bond acceptors (Lipinski definition) is 3. The van der Waals surface area contributed by atoms with E-state index in [0.717, 1.165) is 0 Å². The summed E-state index contributed by atoms with van der Waals surface area (Å²) in [6.07, 6.45) is 1.63. The van der Waals surface area contributed by atoms with Crippen molar-refractivity contribution in [2.75, 3.05) is 5.32 Å². The number of nitrogens with one attached hydrogen (secondary N) is 1. The van der Waals surface area contributed by atoms with Gasteiger partial charge in [-0.2, -0.15) is 0 Å². The zero-order valence-corrected chi connectivity index (χ0v) is 11.2. The van der Waals surface area contributed by atoms with Crippen molar-refractivity contribution in [3.63, 3.8) is 0 Å². The minimum absolute atomic E-state index is 0.175. The Bertz CT molecular complexity index is 599. The Balaban J connectivity index is 2.22. The van der Waals surface area contributed by atoms with Crippen LogP contribution in [0.4, 0.5) is 5.69 Å². The lowest BCUT2D eigenvalue weighted by Crippen LogP contribution is -2.12. The van der Waals surface area contributed by atoms with Crippen LogP contribution in [0.3, 0.4) is 0 Å². The second-order valence-corrected chi connectivity index (χ2v) is 4.55. The van der Waals surface area contributed by atoms with Crippen molar-refractivity contribution in [1.82, 2.24) is 4.98 Å². The average molecular weight is 307 g/mol. The van der Waals surface area contributed by atoms with Crippen molar-refractivity contribution in [2.24, 2.45) is 0 Å². The fraction of sp³-hybridized carbons (Fsp3) is 0.0769. The van der Waals surface area contributed by atoms with E-state index in [1.807, 2.05) is 0 Å². The highest BCUT2D eigenvalue weighted by atomic mass is 79.9. The van der Waals surface area contributed by atoms with E-state index in [1.165, 1.54) is 6.07 Å². The quantitative estimate of drug-likeness (QED) is 0.838. The Morgan fingerprint density at radius 3 is 2.83 bits per heavy atom. The largest absolute Gasteiger partial charge is 0.508 e. The number of pyridine rings is 1. The number of aromatic nitrogens is 1. The smallest absolute Gasteiger partial charge is 0.255 e. The predicted molar refractivity (Wildman–Crippen MR) is 72.7 cm³/mol. The van der Waals surface area contributed by atoms with Gasteiger partial charge in [-0.1, -0.05) is 0 Å². The number of carbonyl (C=O) groups is 1. The average Bonchev–Trinajstić information content (AvgIpc) is 2.35. The molecule has 18 heavy (non-hydrogen) atoms. The first-order valence-corrected chi connectivity index (χ1v) is 6.08. The Kier molecular flexibility index (Phi) is 3.62. The van der Waals surface area contributed by atoms with E-state index < -0.39 is 0 Å². The molecule has 0 fully saturated rings. The lowest BCUT2D eigenvalue weighted by Gasteiger charge is -2.07. The molecule has 0 aliphatic rings. The molecule has 0 aliphatic carbocycles. The van der Waals surface area contributed by atoms with Gasteiger partial charge in [0.1, 0.15) is 10.4 Å². The number of phenols is 1. The Morgan fingerprint density at radius 2 is 2.17 bits per heavy atom. The zero-order valence-electron chi connectivity index (χ0n) is 9.64. The lowest BCUT2D eigenvalue weighted by atomic mass is 10.1. The van der Waals surface area contributed by atoms with Crippen LogP contribution in [0.25, 0.3) is 0 Å². The molecule has 0 atom stereocenters. The molecule has 92 valence electrons. The molecule has 4 nitrogen and oxygen atoms in total. The number of halogens is 1. The number of aryl methyl sites for hydroxylation is 1. The van der Waals surface area contributed by atoms with Crippen LogP contribution in [-0.4, -0.2) is 16.0 Å². The number of hydrogen-bond donors (Lipinski definition) is 2. The summed E-state index contributed by atoms with van der Waals surface area (Å²) in [6, 6.07) is 8.20.